The Hall–Kier alpha value is -1.49. The minimum Gasteiger partial charge on any atom is -0.496 e. The summed E-state index contributed by atoms with van der Waals surface area (Å²) in [5.41, 5.74) is 7.88. The second-order valence-corrected chi connectivity index (χ2v) is 4.27. The highest BCUT2D eigenvalue weighted by Crippen LogP contribution is 2.36. The van der Waals surface area contributed by atoms with Crippen LogP contribution >= 0.6 is 15.9 Å². The van der Waals surface area contributed by atoms with Crippen LogP contribution in [0.2, 0.25) is 0 Å². The van der Waals surface area contributed by atoms with Crippen LogP contribution in [0.4, 0.5) is 5.69 Å². The van der Waals surface area contributed by atoms with Crippen LogP contribution in [0.5, 0.6) is 5.75 Å². The lowest BCUT2D eigenvalue weighted by atomic mass is 10.1. The van der Waals surface area contributed by atoms with Gasteiger partial charge in [0.2, 0.25) is 0 Å². The Balaban J connectivity index is 2.62. The van der Waals surface area contributed by atoms with Crippen LogP contribution in [-0.2, 0) is 0 Å². The number of nitrogens with two attached hydrogens (primary N) is 1. The SMILES string of the molecule is COc1ccc(Br)cc1-c1onc(C)c1N. The van der Waals surface area contributed by atoms with E-state index in [2.05, 4.69) is 21.1 Å². The van der Waals surface area contributed by atoms with Crippen molar-refractivity contribution in [2.24, 2.45) is 0 Å². The smallest absolute Gasteiger partial charge is 0.193 e. The summed E-state index contributed by atoms with van der Waals surface area (Å²) in [6.07, 6.45) is 0. The maximum absolute atomic E-state index is 5.88. The summed E-state index contributed by atoms with van der Waals surface area (Å²) in [6, 6.07) is 5.62. The molecule has 2 aromatic rings. The molecule has 1 aromatic heterocycles. The fourth-order valence-corrected chi connectivity index (χ4v) is 1.79. The van der Waals surface area contributed by atoms with Crippen molar-refractivity contribution in [3.63, 3.8) is 0 Å². The minimum atomic E-state index is 0.538. The highest BCUT2D eigenvalue weighted by atomic mass is 79.9. The Kier molecular flexibility index (Phi) is 2.87. The number of halogens is 1. The fourth-order valence-electron chi connectivity index (χ4n) is 1.43. The Bertz CT molecular complexity index is 523. The molecule has 0 amide bonds. The van der Waals surface area contributed by atoms with E-state index in [1.807, 2.05) is 18.2 Å². The lowest BCUT2D eigenvalue weighted by Crippen LogP contribution is -1.91. The number of aryl methyl sites for hydroxylation is 1. The molecular formula is C11H11BrN2O2. The maximum atomic E-state index is 5.88. The first-order valence-corrected chi connectivity index (χ1v) is 5.48. The Morgan fingerprint density at radius 2 is 2.19 bits per heavy atom. The highest BCUT2D eigenvalue weighted by molar-refractivity contribution is 9.10. The fraction of sp³-hybridized carbons (Fsp3) is 0.182. The number of nitrogen functional groups attached to an aromatic ring is 1. The lowest BCUT2D eigenvalue weighted by molar-refractivity contribution is 0.405. The molecule has 2 rings (SSSR count). The molecule has 0 saturated carbocycles. The molecule has 0 atom stereocenters. The largest absolute Gasteiger partial charge is 0.496 e. The van der Waals surface area contributed by atoms with Gasteiger partial charge in [0.15, 0.2) is 5.76 Å². The molecule has 2 N–H and O–H groups in total. The summed E-state index contributed by atoms with van der Waals surface area (Å²) in [5.74, 6) is 1.24. The number of methoxy groups -OCH3 is 1. The number of anilines is 1. The number of nitrogens with zero attached hydrogens (tertiary/aromatic N) is 1. The van der Waals surface area contributed by atoms with Gasteiger partial charge in [0, 0.05) is 4.47 Å². The van der Waals surface area contributed by atoms with Gasteiger partial charge in [-0.15, -0.1) is 0 Å². The first-order chi connectivity index (χ1) is 7.63. The van der Waals surface area contributed by atoms with E-state index in [1.54, 1.807) is 14.0 Å². The van der Waals surface area contributed by atoms with Crippen molar-refractivity contribution < 1.29 is 9.26 Å². The van der Waals surface area contributed by atoms with Crippen LogP contribution in [-0.4, -0.2) is 12.3 Å². The van der Waals surface area contributed by atoms with Crippen LogP contribution in [0.15, 0.2) is 27.2 Å². The molecule has 0 fully saturated rings. The van der Waals surface area contributed by atoms with Crippen LogP contribution in [0, 0.1) is 6.92 Å². The summed E-state index contributed by atoms with van der Waals surface area (Å²) in [5, 5.41) is 3.83. The zero-order valence-electron chi connectivity index (χ0n) is 8.95. The zero-order chi connectivity index (χ0) is 11.7. The van der Waals surface area contributed by atoms with E-state index in [-0.39, 0.29) is 0 Å². The Morgan fingerprint density at radius 1 is 1.44 bits per heavy atom. The van der Waals surface area contributed by atoms with Crippen LogP contribution in [0.3, 0.4) is 0 Å². The molecule has 0 aliphatic heterocycles. The van der Waals surface area contributed by atoms with E-state index in [1.165, 1.54) is 0 Å². The topological polar surface area (TPSA) is 61.3 Å². The predicted octanol–water partition coefficient (Wildman–Crippen LogP) is 3.00. The Morgan fingerprint density at radius 3 is 2.75 bits per heavy atom. The summed E-state index contributed by atoms with van der Waals surface area (Å²) in [7, 11) is 1.60. The van der Waals surface area contributed by atoms with E-state index in [0.29, 0.717) is 22.9 Å². The standard InChI is InChI=1S/C11H11BrN2O2/c1-6-10(13)11(16-14-6)8-5-7(12)3-4-9(8)15-2/h3-5H,13H2,1-2H3. The van der Waals surface area contributed by atoms with Crippen molar-refractivity contribution in [2.45, 2.75) is 6.92 Å². The Labute approximate surface area is 102 Å². The maximum Gasteiger partial charge on any atom is 0.193 e. The molecule has 1 heterocycles. The number of hydrogen-bond donors (Lipinski definition) is 1. The number of rotatable bonds is 2. The number of ether oxygens (including phenoxy) is 1. The third-order valence-corrected chi connectivity index (χ3v) is 2.81. The van der Waals surface area contributed by atoms with Gasteiger partial charge >= 0.3 is 0 Å². The van der Waals surface area contributed by atoms with E-state index >= 15 is 0 Å². The van der Waals surface area contributed by atoms with Crippen molar-refractivity contribution in [3.05, 3.63) is 28.4 Å². The van der Waals surface area contributed by atoms with Gasteiger partial charge < -0.3 is 15.0 Å². The van der Waals surface area contributed by atoms with Crippen LogP contribution in [0.25, 0.3) is 11.3 Å². The molecule has 1 aromatic carbocycles. The average molecular weight is 283 g/mol. The van der Waals surface area contributed by atoms with Crippen molar-refractivity contribution in [3.8, 4) is 17.1 Å². The first-order valence-electron chi connectivity index (χ1n) is 4.69. The molecule has 16 heavy (non-hydrogen) atoms. The van der Waals surface area contributed by atoms with E-state index in [0.717, 1.165) is 10.0 Å². The van der Waals surface area contributed by atoms with E-state index in [9.17, 15) is 0 Å². The second-order valence-electron chi connectivity index (χ2n) is 3.36. The van der Waals surface area contributed by atoms with Gasteiger partial charge in [-0.2, -0.15) is 0 Å². The van der Waals surface area contributed by atoms with Gasteiger partial charge in [0.05, 0.1) is 12.7 Å². The molecule has 0 unspecified atom stereocenters. The van der Waals surface area contributed by atoms with Gasteiger partial charge in [0.25, 0.3) is 0 Å². The molecular weight excluding hydrogens is 272 g/mol. The summed E-state index contributed by atoms with van der Waals surface area (Å²) in [6.45, 7) is 1.80. The molecule has 5 heteroatoms. The molecule has 0 bridgehead atoms. The van der Waals surface area contributed by atoms with Crippen molar-refractivity contribution in [1.29, 1.82) is 0 Å². The monoisotopic (exact) mass is 282 g/mol. The predicted molar refractivity (Wildman–Crippen MR) is 65.3 cm³/mol. The third-order valence-electron chi connectivity index (χ3n) is 2.31. The number of aromatic nitrogens is 1. The third kappa shape index (κ3) is 1.78. The molecule has 0 aliphatic carbocycles. The molecule has 0 aliphatic rings. The molecule has 0 saturated heterocycles. The molecule has 4 nitrogen and oxygen atoms in total. The minimum absolute atomic E-state index is 0.538. The summed E-state index contributed by atoms with van der Waals surface area (Å²) < 4.78 is 11.4. The van der Waals surface area contributed by atoms with Crippen LogP contribution < -0.4 is 10.5 Å². The van der Waals surface area contributed by atoms with E-state index < -0.39 is 0 Å². The summed E-state index contributed by atoms with van der Waals surface area (Å²) >= 11 is 3.40. The van der Waals surface area contributed by atoms with Crippen molar-refractivity contribution in [2.75, 3.05) is 12.8 Å². The van der Waals surface area contributed by atoms with Gasteiger partial charge in [0.1, 0.15) is 17.1 Å². The number of hydrogen-bond acceptors (Lipinski definition) is 4. The normalized spacial score (nSPS) is 10.4. The van der Waals surface area contributed by atoms with Gasteiger partial charge in [-0.3, -0.25) is 0 Å². The van der Waals surface area contributed by atoms with Gasteiger partial charge in [-0.05, 0) is 25.1 Å². The molecule has 0 spiro atoms. The zero-order valence-corrected chi connectivity index (χ0v) is 10.5. The second kappa shape index (κ2) is 4.17. The first kappa shape index (κ1) is 11.0. The van der Waals surface area contributed by atoms with Crippen molar-refractivity contribution >= 4 is 21.6 Å². The lowest BCUT2D eigenvalue weighted by Gasteiger charge is -2.06. The molecule has 0 radical (unpaired) electrons. The number of benzene rings is 1. The van der Waals surface area contributed by atoms with Crippen molar-refractivity contribution in [1.82, 2.24) is 5.16 Å². The average Bonchev–Trinajstić information content (AvgIpc) is 2.60. The highest BCUT2D eigenvalue weighted by Gasteiger charge is 2.16. The van der Waals surface area contributed by atoms with Crippen LogP contribution in [0.1, 0.15) is 5.69 Å². The molecule has 84 valence electrons. The van der Waals surface area contributed by atoms with E-state index in [4.69, 9.17) is 15.0 Å². The summed E-state index contributed by atoms with van der Waals surface area (Å²) in [4.78, 5) is 0. The van der Waals surface area contributed by atoms with Gasteiger partial charge in [-0.1, -0.05) is 21.1 Å². The van der Waals surface area contributed by atoms with Gasteiger partial charge in [-0.25, -0.2) is 0 Å². The quantitative estimate of drug-likeness (QED) is 0.920.